The fourth-order valence-corrected chi connectivity index (χ4v) is 2.95. The molecule has 0 aliphatic heterocycles. The molecule has 3 aromatic rings. The van der Waals surface area contributed by atoms with Gasteiger partial charge in [0.1, 0.15) is 16.7 Å². The molecule has 3 rings (SSSR count). The van der Waals surface area contributed by atoms with Crippen molar-refractivity contribution in [2.24, 2.45) is 17.8 Å². The van der Waals surface area contributed by atoms with E-state index in [9.17, 15) is 8.28 Å². The fraction of sp³-hybridized carbons (Fsp3) is 0.133. The number of fused-ring (bicyclic) bond motifs is 1. The number of halogens is 3. The van der Waals surface area contributed by atoms with Crippen LogP contribution < -0.4 is 5.73 Å². The Morgan fingerprint density at radius 2 is 2.20 bits per heavy atom. The maximum absolute atomic E-state index is 14.5. The van der Waals surface area contributed by atoms with E-state index in [0.717, 1.165) is 4.09 Å². The third-order valence-corrected chi connectivity index (χ3v) is 4.25. The molecular formula is C15H13ClF2N6S. The van der Waals surface area contributed by atoms with Crippen LogP contribution in [0.2, 0.25) is 0 Å². The number of hydrogen-bond donors (Lipinski definition) is 1. The smallest absolute Gasteiger partial charge is 0.188 e. The number of nitrogens with two attached hydrogens (primary N) is 1. The summed E-state index contributed by atoms with van der Waals surface area (Å²) in [6, 6.07) is 2.80. The van der Waals surface area contributed by atoms with Gasteiger partial charge in [-0.3, -0.25) is 9.67 Å². The normalized spacial score (nSPS) is 13.0. The van der Waals surface area contributed by atoms with Crippen LogP contribution in [0.1, 0.15) is 5.69 Å². The number of allylic oxidation sites excluding steroid dienone is 1. The third kappa shape index (κ3) is 3.24. The maximum Gasteiger partial charge on any atom is 0.188 e. The van der Waals surface area contributed by atoms with Crippen LogP contribution in [0.5, 0.6) is 0 Å². The highest BCUT2D eigenvalue weighted by Crippen LogP contribution is 2.32. The lowest BCUT2D eigenvalue weighted by Gasteiger charge is -2.04. The molecule has 2 aromatic heterocycles. The Hall–Kier alpha value is -2.39. The number of aryl methyl sites for hydroxylation is 1. The van der Waals surface area contributed by atoms with E-state index >= 15 is 0 Å². The van der Waals surface area contributed by atoms with Crippen LogP contribution in [0, 0.1) is 5.82 Å². The molecule has 0 unspecified atom stereocenters. The summed E-state index contributed by atoms with van der Waals surface area (Å²) in [6.45, 7) is 0. The van der Waals surface area contributed by atoms with E-state index in [-0.39, 0.29) is 34.4 Å². The van der Waals surface area contributed by atoms with Gasteiger partial charge in [-0.1, -0.05) is 11.6 Å². The Morgan fingerprint density at radius 1 is 1.44 bits per heavy atom. The SMILES string of the molecule is CN=C(Cl)C=C(N)c1c2cc(-c3cnn(C)c3)c(F)cc2nn1SF. The van der Waals surface area contributed by atoms with Gasteiger partial charge in [0.25, 0.3) is 0 Å². The first-order chi connectivity index (χ1) is 11.9. The van der Waals surface area contributed by atoms with Crippen molar-refractivity contribution in [2.45, 2.75) is 0 Å². The van der Waals surface area contributed by atoms with Gasteiger partial charge in [-0.2, -0.15) is 14.3 Å². The molecule has 0 aliphatic carbocycles. The first kappa shape index (κ1) is 17.4. The summed E-state index contributed by atoms with van der Waals surface area (Å²) in [5.74, 6) is -0.490. The summed E-state index contributed by atoms with van der Waals surface area (Å²) in [7, 11) is 3.23. The molecule has 0 atom stereocenters. The number of aromatic nitrogens is 4. The molecule has 2 heterocycles. The highest BCUT2D eigenvalue weighted by atomic mass is 35.5. The largest absolute Gasteiger partial charge is 0.397 e. The minimum absolute atomic E-state index is 0.141. The third-order valence-electron chi connectivity index (χ3n) is 3.57. The summed E-state index contributed by atoms with van der Waals surface area (Å²) in [4.78, 5) is 3.78. The zero-order chi connectivity index (χ0) is 18.1. The van der Waals surface area contributed by atoms with Gasteiger partial charge in [-0.05, 0) is 6.07 Å². The van der Waals surface area contributed by atoms with E-state index in [2.05, 4.69) is 15.2 Å². The Labute approximate surface area is 151 Å². The van der Waals surface area contributed by atoms with Crippen LogP contribution in [0.15, 0.2) is 35.6 Å². The molecule has 0 bridgehead atoms. The fourth-order valence-electron chi connectivity index (χ4n) is 2.44. The van der Waals surface area contributed by atoms with Crippen molar-refractivity contribution in [1.82, 2.24) is 19.0 Å². The van der Waals surface area contributed by atoms with Gasteiger partial charge < -0.3 is 5.73 Å². The minimum atomic E-state index is -0.490. The van der Waals surface area contributed by atoms with Crippen LogP contribution in [0.25, 0.3) is 27.7 Å². The van der Waals surface area contributed by atoms with Crippen molar-refractivity contribution < 1.29 is 8.28 Å². The van der Waals surface area contributed by atoms with Crippen molar-refractivity contribution in [3.8, 4) is 11.1 Å². The molecule has 0 saturated heterocycles. The van der Waals surface area contributed by atoms with Gasteiger partial charge in [-0.25, -0.2) is 4.39 Å². The minimum Gasteiger partial charge on any atom is -0.397 e. The predicted octanol–water partition coefficient (Wildman–Crippen LogP) is 3.52. The summed E-state index contributed by atoms with van der Waals surface area (Å²) in [5.41, 5.74) is 7.64. The van der Waals surface area contributed by atoms with Crippen LogP contribution in [-0.2, 0) is 7.05 Å². The van der Waals surface area contributed by atoms with Crippen molar-refractivity contribution in [3.63, 3.8) is 0 Å². The first-order valence-corrected chi connectivity index (χ1v) is 8.10. The molecule has 10 heteroatoms. The zero-order valence-electron chi connectivity index (χ0n) is 13.2. The van der Waals surface area contributed by atoms with Crippen LogP contribution in [0.3, 0.4) is 0 Å². The quantitative estimate of drug-likeness (QED) is 0.700. The molecule has 0 spiro atoms. The second kappa shape index (κ2) is 6.85. The molecule has 0 aliphatic rings. The highest BCUT2D eigenvalue weighted by Gasteiger charge is 2.19. The molecule has 6 nitrogen and oxygen atoms in total. The molecule has 1 aromatic carbocycles. The number of aliphatic imine (C=N–C) groups is 1. The number of nitrogens with zero attached hydrogens (tertiary/aromatic N) is 5. The van der Waals surface area contributed by atoms with E-state index in [1.807, 2.05) is 0 Å². The van der Waals surface area contributed by atoms with Crippen molar-refractivity contribution in [2.75, 3.05) is 7.05 Å². The Balaban J connectivity index is 2.27. The highest BCUT2D eigenvalue weighted by molar-refractivity contribution is 7.92. The lowest BCUT2D eigenvalue weighted by atomic mass is 10.0. The van der Waals surface area contributed by atoms with Gasteiger partial charge in [-0.15, -0.1) is 3.89 Å². The standard InChI is InChI=1S/C15H13ClF2N6S/c1-20-14(16)5-12(19)15-10-3-9(8-6-21-23(2)7-8)11(17)4-13(10)22-24(15)25-18/h3-7H,19H2,1-2H3. The average Bonchev–Trinajstić information content (AvgIpc) is 3.16. The van der Waals surface area contributed by atoms with E-state index in [1.165, 1.54) is 25.4 Å². The monoisotopic (exact) mass is 382 g/mol. The number of rotatable bonds is 4. The molecule has 0 radical (unpaired) electrons. The predicted molar refractivity (Wildman–Crippen MR) is 97.4 cm³/mol. The lowest BCUT2D eigenvalue weighted by Crippen LogP contribution is -2.04. The molecule has 0 saturated carbocycles. The first-order valence-electron chi connectivity index (χ1n) is 7.04. The lowest BCUT2D eigenvalue weighted by molar-refractivity contribution is 0.632. The van der Waals surface area contributed by atoms with Crippen LogP contribution >= 0.6 is 23.9 Å². The average molecular weight is 383 g/mol. The molecule has 0 fully saturated rings. The van der Waals surface area contributed by atoms with E-state index in [4.69, 9.17) is 17.3 Å². The Kier molecular flexibility index (Phi) is 4.78. The molecule has 25 heavy (non-hydrogen) atoms. The van der Waals surface area contributed by atoms with Gasteiger partial charge in [0.05, 0.1) is 17.4 Å². The number of benzene rings is 1. The van der Waals surface area contributed by atoms with E-state index in [1.54, 1.807) is 24.0 Å². The Bertz CT molecular complexity index is 1010. The summed E-state index contributed by atoms with van der Waals surface area (Å²) >= 11 is 5.73. The molecule has 2 N–H and O–H groups in total. The van der Waals surface area contributed by atoms with Gasteiger partial charge in [0, 0.05) is 48.9 Å². The zero-order valence-corrected chi connectivity index (χ0v) is 14.8. The van der Waals surface area contributed by atoms with E-state index < -0.39 is 5.82 Å². The van der Waals surface area contributed by atoms with Crippen molar-refractivity contribution >= 4 is 45.7 Å². The van der Waals surface area contributed by atoms with E-state index in [0.29, 0.717) is 16.5 Å². The van der Waals surface area contributed by atoms with Crippen LogP contribution in [-0.4, -0.2) is 31.2 Å². The summed E-state index contributed by atoms with van der Waals surface area (Å²) in [5, 5.41) is 8.70. The Morgan fingerprint density at radius 3 is 2.80 bits per heavy atom. The van der Waals surface area contributed by atoms with Crippen molar-refractivity contribution in [3.05, 3.63) is 42.1 Å². The molecular weight excluding hydrogens is 370 g/mol. The maximum atomic E-state index is 14.5. The van der Waals surface area contributed by atoms with Gasteiger partial charge in [0.15, 0.2) is 12.3 Å². The summed E-state index contributed by atoms with van der Waals surface area (Å²) < 4.78 is 30.3. The summed E-state index contributed by atoms with van der Waals surface area (Å²) in [6.07, 6.45) is 4.61. The number of hydrogen-bond acceptors (Lipinski definition) is 5. The topological polar surface area (TPSA) is 74.0 Å². The second-order valence-corrected chi connectivity index (χ2v) is 6.06. The molecule has 130 valence electrons. The van der Waals surface area contributed by atoms with Crippen molar-refractivity contribution in [1.29, 1.82) is 0 Å². The second-order valence-electron chi connectivity index (χ2n) is 5.19. The van der Waals surface area contributed by atoms with Gasteiger partial charge in [0.2, 0.25) is 0 Å². The van der Waals surface area contributed by atoms with Crippen LogP contribution in [0.4, 0.5) is 8.28 Å². The molecule has 0 amide bonds. The van der Waals surface area contributed by atoms with Gasteiger partial charge >= 0.3 is 0 Å².